The molecule has 140 valence electrons. The first kappa shape index (κ1) is 16.5. The Morgan fingerprint density at radius 3 is 2.63 bits per heavy atom. The number of piperidine rings is 1. The summed E-state index contributed by atoms with van der Waals surface area (Å²) in [6, 6.07) is 5.39. The minimum atomic E-state index is -0.381. The summed E-state index contributed by atoms with van der Waals surface area (Å²) in [7, 11) is 0. The van der Waals surface area contributed by atoms with E-state index in [-0.39, 0.29) is 23.3 Å². The highest BCUT2D eigenvalue weighted by atomic mass is 16.2. The Morgan fingerprint density at radius 2 is 1.93 bits per heavy atom. The molecule has 2 fully saturated rings. The van der Waals surface area contributed by atoms with Crippen LogP contribution in [0.2, 0.25) is 0 Å². The molecule has 0 bridgehead atoms. The van der Waals surface area contributed by atoms with E-state index >= 15 is 0 Å². The second-order valence-corrected chi connectivity index (χ2v) is 7.78. The van der Waals surface area contributed by atoms with E-state index in [1.807, 2.05) is 17.0 Å². The van der Waals surface area contributed by atoms with Gasteiger partial charge in [0.1, 0.15) is 5.69 Å². The third-order valence-corrected chi connectivity index (χ3v) is 6.22. The fraction of sp³-hybridized carbons (Fsp3) is 0.500. The topological polar surface area (TPSA) is 82.2 Å². The Morgan fingerprint density at radius 1 is 1.11 bits per heavy atom. The molecule has 27 heavy (non-hydrogen) atoms. The van der Waals surface area contributed by atoms with Gasteiger partial charge in [-0.25, -0.2) is 4.98 Å². The molecule has 2 aliphatic heterocycles. The monoisotopic (exact) mass is 365 g/mol. The van der Waals surface area contributed by atoms with Crippen LogP contribution in [0.3, 0.4) is 0 Å². The number of carbonyl (C=O) groups excluding carboxylic acids is 2. The van der Waals surface area contributed by atoms with Crippen LogP contribution < -0.4 is 0 Å². The van der Waals surface area contributed by atoms with E-state index in [1.54, 1.807) is 18.6 Å². The van der Waals surface area contributed by atoms with Crippen molar-refractivity contribution in [3.63, 3.8) is 0 Å². The number of hydrogen-bond donors (Lipinski definition) is 1. The van der Waals surface area contributed by atoms with Crippen molar-refractivity contribution in [2.45, 2.75) is 37.6 Å². The molecule has 2 amide bonds. The van der Waals surface area contributed by atoms with E-state index in [0.29, 0.717) is 18.8 Å². The number of imidazole rings is 1. The summed E-state index contributed by atoms with van der Waals surface area (Å²) in [5.74, 6) is 0.423. The molecule has 0 unspecified atom stereocenters. The van der Waals surface area contributed by atoms with Gasteiger partial charge in [0.05, 0.1) is 17.6 Å². The maximum Gasteiger partial charge on any atom is 0.272 e. The molecule has 1 spiro atoms. The number of nitrogens with one attached hydrogen (secondary N) is 1. The molecule has 0 radical (unpaired) electrons. The van der Waals surface area contributed by atoms with Crippen molar-refractivity contribution >= 4 is 11.8 Å². The molecule has 7 heteroatoms. The van der Waals surface area contributed by atoms with Crippen molar-refractivity contribution in [2.75, 3.05) is 19.6 Å². The van der Waals surface area contributed by atoms with Crippen LogP contribution in [0.1, 0.15) is 47.6 Å². The third-order valence-electron chi connectivity index (χ3n) is 6.22. The maximum absolute atomic E-state index is 13.0. The highest BCUT2D eigenvalue weighted by Crippen LogP contribution is 2.45. The molecular formula is C20H23N5O2. The Kier molecular flexibility index (Phi) is 3.77. The zero-order chi connectivity index (χ0) is 18.4. The van der Waals surface area contributed by atoms with E-state index in [9.17, 15) is 9.59 Å². The van der Waals surface area contributed by atoms with Gasteiger partial charge in [-0.05, 0) is 37.8 Å². The van der Waals surface area contributed by atoms with Crippen LogP contribution in [0.15, 0.2) is 30.7 Å². The molecule has 7 nitrogen and oxygen atoms in total. The van der Waals surface area contributed by atoms with Gasteiger partial charge in [-0.3, -0.25) is 14.6 Å². The lowest BCUT2D eigenvalue weighted by atomic mass is 9.78. The van der Waals surface area contributed by atoms with Crippen molar-refractivity contribution in [1.82, 2.24) is 24.8 Å². The molecule has 1 saturated carbocycles. The van der Waals surface area contributed by atoms with Gasteiger partial charge in [0, 0.05) is 43.9 Å². The number of nitrogens with zero attached hydrogens (tertiary/aromatic N) is 4. The van der Waals surface area contributed by atoms with Crippen LogP contribution in [0.4, 0.5) is 0 Å². The number of aromatic amines is 1. The van der Waals surface area contributed by atoms with Gasteiger partial charge in [-0.15, -0.1) is 0 Å². The van der Waals surface area contributed by atoms with Crippen LogP contribution in [-0.4, -0.2) is 56.2 Å². The lowest BCUT2D eigenvalue weighted by molar-refractivity contribution is -0.143. The van der Waals surface area contributed by atoms with E-state index in [4.69, 9.17) is 0 Å². The Bertz CT molecular complexity index is 866. The zero-order valence-corrected chi connectivity index (χ0v) is 15.2. The van der Waals surface area contributed by atoms with Gasteiger partial charge in [0.15, 0.2) is 0 Å². The van der Waals surface area contributed by atoms with E-state index in [2.05, 4.69) is 19.9 Å². The van der Waals surface area contributed by atoms with Gasteiger partial charge >= 0.3 is 0 Å². The van der Waals surface area contributed by atoms with Crippen LogP contribution in [0.25, 0.3) is 0 Å². The average molecular weight is 365 g/mol. The quantitative estimate of drug-likeness (QED) is 0.879. The van der Waals surface area contributed by atoms with Crippen LogP contribution in [0.5, 0.6) is 0 Å². The van der Waals surface area contributed by atoms with E-state index < -0.39 is 0 Å². The molecule has 3 aliphatic rings. The van der Waals surface area contributed by atoms with Gasteiger partial charge in [0.25, 0.3) is 5.91 Å². The molecule has 2 aromatic heterocycles. The Hall–Kier alpha value is -2.70. The molecule has 2 aromatic rings. The third kappa shape index (κ3) is 2.64. The van der Waals surface area contributed by atoms with Gasteiger partial charge in [0.2, 0.25) is 5.91 Å². The number of likely N-dealkylation sites (tertiary alicyclic amines) is 1. The normalized spacial score (nSPS) is 21.2. The molecule has 1 saturated heterocycles. The predicted molar refractivity (Wildman–Crippen MR) is 97.8 cm³/mol. The number of amides is 2. The number of carbonyl (C=O) groups is 2. The number of hydrogen-bond acceptors (Lipinski definition) is 4. The van der Waals surface area contributed by atoms with Crippen molar-refractivity contribution in [3.05, 3.63) is 47.8 Å². The average Bonchev–Trinajstić information content (AvgIpc) is 3.45. The van der Waals surface area contributed by atoms with Crippen molar-refractivity contribution in [2.24, 2.45) is 5.92 Å². The SMILES string of the molecule is O=C(c1ccccn1)N1CCC2(CC1)c1nc[nH]c1CCN2C(=O)C1CC1. The summed E-state index contributed by atoms with van der Waals surface area (Å²) in [4.78, 5) is 41.7. The van der Waals surface area contributed by atoms with Crippen molar-refractivity contribution in [3.8, 4) is 0 Å². The molecule has 1 aliphatic carbocycles. The molecule has 0 atom stereocenters. The first-order chi connectivity index (χ1) is 13.2. The largest absolute Gasteiger partial charge is 0.348 e. The summed E-state index contributed by atoms with van der Waals surface area (Å²) in [6.45, 7) is 1.95. The fourth-order valence-electron chi connectivity index (χ4n) is 4.59. The summed E-state index contributed by atoms with van der Waals surface area (Å²) in [6.07, 6.45) is 7.66. The Labute approximate surface area is 157 Å². The van der Waals surface area contributed by atoms with Crippen LogP contribution >= 0.6 is 0 Å². The number of fused-ring (bicyclic) bond motifs is 2. The number of aromatic nitrogens is 3. The highest BCUT2D eigenvalue weighted by molar-refractivity contribution is 5.92. The van der Waals surface area contributed by atoms with Gasteiger partial charge < -0.3 is 14.8 Å². The smallest absolute Gasteiger partial charge is 0.272 e. The molecule has 4 heterocycles. The van der Waals surface area contributed by atoms with E-state index in [0.717, 1.165) is 50.0 Å². The van der Waals surface area contributed by atoms with Crippen LogP contribution in [0, 0.1) is 5.92 Å². The number of rotatable bonds is 2. The van der Waals surface area contributed by atoms with E-state index in [1.165, 1.54) is 0 Å². The second kappa shape index (κ2) is 6.18. The molecular weight excluding hydrogens is 342 g/mol. The van der Waals surface area contributed by atoms with Crippen molar-refractivity contribution in [1.29, 1.82) is 0 Å². The minimum Gasteiger partial charge on any atom is -0.348 e. The first-order valence-electron chi connectivity index (χ1n) is 9.73. The summed E-state index contributed by atoms with van der Waals surface area (Å²) in [5.41, 5.74) is 2.24. The zero-order valence-electron chi connectivity index (χ0n) is 15.2. The summed E-state index contributed by atoms with van der Waals surface area (Å²) in [5, 5.41) is 0. The second-order valence-electron chi connectivity index (χ2n) is 7.78. The maximum atomic E-state index is 13.0. The van der Waals surface area contributed by atoms with Gasteiger partial charge in [-0.1, -0.05) is 6.07 Å². The molecule has 1 N–H and O–H groups in total. The van der Waals surface area contributed by atoms with Crippen LogP contribution in [-0.2, 0) is 16.8 Å². The summed E-state index contributed by atoms with van der Waals surface area (Å²) >= 11 is 0. The first-order valence-corrected chi connectivity index (χ1v) is 9.73. The number of H-pyrrole nitrogens is 1. The standard InChI is InChI=1S/C20H23N5O2/c26-18(14-4-5-14)25-10-6-15-17(23-13-22-15)20(25)7-11-24(12-8-20)19(27)16-3-1-2-9-21-16/h1-3,9,13-14H,4-8,10-12H2,(H,22,23). The van der Waals surface area contributed by atoms with Crippen molar-refractivity contribution < 1.29 is 9.59 Å². The fourth-order valence-corrected chi connectivity index (χ4v) is 4.59. The summed E-state index contributed by atoms with van der Waals surface area (Å²) < 4.78 is 0. The lowest BCUT2D eigenvalue weighted by Gasteiger charge is -2.50. The van der Waals surface area contributed by atoms with Gasteiger partial charge in [-0.2, -0.15) is 0 Å². The lowest BCUT2D eigenvalue weighted by Crippen LogP contribution is -2.59. The highest BCUT2D eigenvalue weighted by Gasteiger charge is 2.51. The Balaban J connectivity index is 1.41. The molecule has 0 aromatic carbocycles. The number of pyridine rings is 1. The minimum absolute atomic E-state index is 0.0384. The predicted octanol–water partition coefficient (Wildman–Crippen LogP) is 1.73. The molecule has 5 rings (SSSR count).